The minimum atomic E-state index is -1.20. The minimum Gasteiger partial charge on any atom is -0.480 e. The Bertz CT molecular complexity index is 302. The number of hydrogen-bond donors (Lipinski definition) is 3. The fourth-order valence-corrected chi connectivity index (χ4v) is 1.28. The van der Waals surface area contributed by atoms with E-state index in [2.05, 4.69) is 4.99 Å². The van der Waals surface area contributed by atoms with Crippen LogP contribution in [0.25, 0.3) is 0 Å². The fourth-order valence-electron chi connectivity index (χ4n) is 1.28. The maximum Gasteiger partial charge on any atom is 0.323 e. The van der Waals surface area contributed by atoms with E-state index in [1.165, 1.54) is 6.92 Å². The molecule has 0 radical (unpaired) electrons. The molecule has 0 saturated heterocycles. The molecule has 0 aliphatic rings. The van der Waals surface area contributed by atoms with Crippen LogP contribution >= 0.6 is 0 Å². The smallest absolute Gasteiger partial charge is 0.323 e. The van der Waals surface area contributed by atoms with E-state index >= 15 is 0 Å². The second-order valence-electron chi connectivity index (χ2n) is 4.26. The van der Waals surface area contributed by atoms with Gasteiger partial charge in [-0.1, -0.05) is 11.6 Å². The topological polar surface area (TPSA) is 102 Å². The Morgan fingerprint density at radius 2 is 2.06 bits per heavy atom. The van der Waals surface area contributed by atoms with Gasteiger partial charge in [0.25, 0.3) is 0 Å². The Labute approximate surface area is 96.2 Å². The highest BCUT2D eigenvalue weighted by atomic mass is 16.4. The normalized spacial score (nSPS) is 17.0. The molecular weight excluding hydrogens is 206 g/mol. The summed E-state index contributed by atoms with van der Waals surface area (Å²) in [6, 6.07) is 0. The summed E-state index contributed by atoms with van der Waals surface area (Å²) in [6.45, 7) is 5.73. The first kappa shape index (κ1) is 14.6. The SMILES string of the molecule is CC(=CCCN=C(C)N)CC(C)(N)C(=O)O. The molecule has 0 saturated carbocycles. The lowest BCUT2D eigenvalue weighted by atomic mass is 9.94. The molecule has 0 heterocycles. The van der Waals surface area contributed by atoms with Crippen molar-refractivity contribution in [3.05, 3.63) is 11.6 Å². The second kappa shape index (κ2) is 6.27. The lowest BCUT2D eigenvalue weighted by molar-refractivity contribution is -0.142. The summed E-state index contributed by atoms with van der Waals surface area (Å²) in [5.41, 5.74) is 10.8. The molecule has 92 valence electrons. The van der Waals surface area contributed by atoms with Crippen LogP contribution in [0.3, 0.4) is 0 Å². The maximum absolute atomic E-state index is 10.8. The Hall–Kier alpha value is -1.36. The van der Waals surface area contributed by atoms with Crippen molar-refractivity contribution in [3.63, 3.8) is 0 Å². The van der Waals surface area contributed by atoms with Crippen LogP contribution in [-0.2, 0) is 4.79 Å². The van der Waals surface area contributed by atoms with Gasteiger partial charge in [0.1, 0.15) is 5.54 Å². The third kappa shape index (κ3) is 6.19. The Morgan fingerprint density at radius 1 is 1.50 bits per heavy atom. The Kier molecular flexibility index (Phi) is 5.74. The van der Waals surface area contributed by atoms with Crippen LogP contribution in [-0.4, -0.2) is 29.0 Å². The molecule has 1 unspecified atom stereocenters. The molecule has 0 aliphatic carbocycles. The van der Waals surface area contributed by atoms with E-state index in [1.807, 2.05) is 13.0 Å². The highest BCUT2D eigenvalue weighted by Gasteiger charge is 2.27. The number of hydrogen-bond acceptors (Lipinski definition) is 3. The number of aliphatic imine (C=N–C) groups is 1. The van der Waals surface area contributed by atoms with E-state index in [-0.39, 0.29) is 0 Å². The van der Waals surface area contributed by atoms with E-state index < -0.39 is 11.5 Å². The number of rotatable bonds is 6. The molecule has 0 spiro atoms. The highest BCUT2D eigenvalue weighted by molar-refractivity contribution is 5.78. The van der Waals surface area contributed by atoms with E-state index in [1.54, 1.807) is 6.92 Å². The van der Waals surface area contributed by atoms with Crippen LogP contribution in [0, 0.1) is 0 Å². The third-order valence-electron chi connectivity index (χ3n) is 2.12. The average Bonchev–Trinajstić information content (AvgIpc) is 2.11. The van der Waals surface area contributed by atoms with Crippen molar-refractivity contribution in [1.29, 1.82) is 0 Å². The molecule has 0 aromatic heterocycles. The standard InChI is InChI=1S/C11H21N3O2/c1-8(5-4-6-14-9(2)12)7-11(3,13)10(15)16/h5H,4,6-7,13H2,1-3H3,(H2,12,14)(H,15,16). The summed E-state index contributed by atoms with van der Waals surface area (Å²) in [6.07, 6.45) is 3.03. The molecule has 5 nitrogen and oxygen atoms in total. The zero-order chi connectivity index (χ0) is 12.8. The minimum absolute atomic E-state index is 0.341. The molecule has 5 heteroatoms. The summed E-state index contributed by atoms with van der Waals surface area (Å²) in [4.78, 5) is 14.8. The maximum atomic E-state index is 10.8. The first-order valence-corrected chi connectivity index (χ1v) is 5.20. The van der Waals surface area contributed by atoms with Gasteiger partial charge < -0.3 is 16.6 Å². The van der Waals surface area contributed by atoms with Crippen LogP contribution in [0.2, 0.25) is 0 Å². The zero-order valence-electron chi connectivity index (χ0n) is 10.2. The molecule has 16 heavy (non-hydrogen) atoms. The second-order valence-corrected chi connectivity index (χ2v) is 4.26. The molecule has 0 fully saturated rings. The van der Waals surface area contributed by atoms with Gasteiger partial charge in [-0.2, -0.15) is 0 Å². The van der Waals surface area contributed by atoms with Crippen molar-refractivity contribution >= 4 is 11.8 Å². The molecule has 0 bridgehead atoms. The molecular formula is C11H21N3O2. The number of carboxylic acids is 1. The fraction of sp³-hybridized carbons (Fsp3) is 0.636. The molecule has 0 amide bonds. The number of amidine groups is 1. The number of aliphatic carboxylic acids is 1. The predicted octanol–water partition coefficient (Wildman–Crippen LogP) is 0.892. The van der Waals surface area contributed by atoms with Crippen molar-refractivity contribution < 1.29 is 9.90 Å². The lowest BCUT2D eigenvalue weighted by Gasteiger charge is -2.19. The Balaban J connectivity index is 4.16. The van der Waals surface area contributed by atoms with Crippen molar-refractivity contribution in [2.45, 2.75) is 39.2 Å². The molecule has 5 N–H and O–H groups in total. The predicted molar refractivity (Wildman–Crippen MR) is 65.4 cm³/mol. The first-order valence-electron chi connectivity index (χ1n) is 5.20. The number of nitrogens with zero attached hydrogens (tertiary/aromatic N) is 1. The third-order valence-corrected chi connectivity index (χ3v) is 2.12. The zero-order valence-corrected chi connectivity index (χ0v) is 10.2. The van der Waals surface area contributed by atoms with E-state index in [0.717, 1.165) is 12.0 Å². The van der Waals surface area contributed by atoms with Crippen LogP contribution in [0.1, 0.15) is 33.6 Å². The summed E-state index contributed by atoms with van der Waals surface area (Å²) < 4.78 is 0. The molecule has 0 aromatic carbocycles. The van der Waals surface area contributed by atoms with Crippen molar-refractivity contribution in [2.24, 2.45) is 16.5 Å². The van der Waals surface area contributed by atoms with Crippen LogP contribution < -0.4 is 11.5 Å². The van der Waals surface area contributed by atoms with Crippen LogP contribution in [0.5, 0.6) is 0 Å². The van der Waals surface area contributed by atoms with E-state index in [0.29, 0.717) is 18.8 Å². The van der Waals surface area contributed by atoms with Gasteiger partial charge in [-0.25, -0.2) is 0 Å². The monoisotopic (exact) mass is 227 g/mol. The van der Waals surface area contributed by atoms with Gasteiger partial charge in [0.05, 0.1) is 5.84 Å². The van der Waals surface area contributed by atoms with Gasteiger partial charge in [-0.05, 0) is 33.6 Å². The Morgan fingerprint density at radius 3 is 2.50 bits per heavy atom. The summed E-state index contributed by atoms with van der Waals surface area (Å²) in [5.74, 6) is -0.434. The quantitative estimate of drug-likeness (QED) is 0.271. The van der Waals surface area contributed by atoms with Gasteiger partial charge in [-0.3, -0.25) is 9.79 Å². The summed E-state index contributed by atoms with van der Waals surface area (Å²) in [5, 5.41) is 8.84. The summed E-state index contributed by atoms with van der Waals surface area (Å²) >= 11 is 0. The summed E-state index contributed by atoms with van der Waals surface area (Å²) in [7, 11) is 0. The first-order chi connectivity index (χ1) is 7.25. The average molecular weight is 227 g/mol. The van der Waals surface area contributed by atoms with Crippen molar-refractivity contribution in [3.8, 4) is 0 Å². The van der Waals surface area contributed by atoms with Gasteiger partial charge in [0, 0.05) is 6.54 Å². The van der Waals surface area contributed by atoms with Gasteiger partial charge in [-0.15, -0.1) is 0 Å². The number of carboxylic acid groups (broad SMARTS) is 1. The number of carbonyl (C=O) groups is 1. The highest BCUT2D eigenvalue weighted by Crippen LogP contribution is 2.14. The van der Waals surface area contributed by atoms with Crippen molar-refractivity contribution in [2.75, 3.05) is 6.54 Å². The van der Waals surface area contributed by atoms with E-state index in [4.69, 9.17) is 16.6 Å². The lowest BCUT2D eigenvalue weighted by Crippen LogP contribution is -2.44. The van der Waals surface area contributed by atoms with Crippen molar-refractivity contribution in [1.82, 2.24) is 0 Å². The van der Waals surface area contributed by atoms with Crippen LogP contribution in [0.15, 0.2) is 16.6 Å². The van der Waals surface area contributed by atoms with E-state index in [9.17, 15) is 4.79 Å². The number of nitrogens with two attached hydrogens (primary N) is 2. The van der Waals surface area contributed by atoms with Gasteiger partial charge >= 0.3 is 5.97 Å². The molecule has 1 atom stereocenters. The molecule has 0 aliphatic heterocycles. The van der Waals surface area contributed by atoms with Gasteiger partial charge in [0.15, 0.2) is 0 Å². The van der Waals surface area contributed by atoms with Crippen LogP contribution in [0.4, 0.5) is 0 Å². The molecule has 0 aromatic rings. The largest absolute Gasteiger partial charge is 0.480 e. The molecule has 0 rings (SSSR count). The van der Waals surface area contributed by atoms with Gasteiger partial charge in [0.2, 0.25) is 0 Å².